The molecule has 33 heavy (non-hydrogen) atoms. The Hall–Kier alpha value is -2.40. The summed E-state index contributed by atoms with van der Waals surface area (Å²) in [5, 5.41) is 17.0. The summed E-state index contributed by atoms with van der Waals surface area (Å²) < 4.78 is 21.9. The lowest BCUT2D eigenvalue weighted by Crippen LogP contribution is -2.39. The number of guanidine groups is 1. The van der Waals surface area contributed by atoms with Crippen LogP contribution in [0, 0.1) is 0 Å². The van der Waals surface area contributed by atoms with Crippen molar-refractivity contribution in [3.05, 3.63) is 47.5 Å². The first-order chi connectivity index (χ1) is 15.4. The fourth-order valence-corrected chi connectivity index (χ4v) is 3.10. The molecule has 0 saturated heterocycles. The van der Waals surface area contributed by atoms with E-state index < -0.39 is 6.10 Å². The van der Waals surface area contributed by atoms with Gasteiger partial charge in [0.25, 0.3) is 0 Å². The van der Waals surface area contributed by atoms with Gasteiger partial charge in [-0.15, -0.1) is 24.0 Å². The summed E-state index contributed by atoms with van der Waals surface area (Å²) in [6, 6.07) is 11.1. The Kier molecular flexibility index (Phi) is 12.7. The van der Waals surface area contributed by atoms with Crippen molar-refractivity contribution in [2.45, 2.75) is 39.5 Å². The highest BCUT2D eigenvalue weighted by Crippen LogP contribution is 2.34. The number of halogens is 1. The van der Waals surface area contributed by atoms with Crippen molar-refractivity contribution in [1.82, 2.24) is 10.6 Å². The van der Waals surface area contributed by atoms with E-state index in [4.69, 9.17) is 18.9 Å². The Morgan fingerprint density at radius 1 is 0.970 bits per heavy atom. The number of nitrogens with one attached hydrogen (secondary N) is 2. The van der Waals surface area contributed by atoms with Crippen LogP contribution in [0.15, 0.2) is 41.4 Å². The second-order valence-corrected chi connectivity index (χ2v) is 7.35. The summed E-state index contributed by atoms with van der Waals surface area (Å²) in [7, 11) is 4.77. The monoisotopic (exact) mass is 573 g/mol. The van der Waals surface area contributed by atoms with E-state index in [0.717, 1.165) is 16.9 Å². The number of ether oxygens (including phenoxy) is 4. The van der Waals surface area contributed by atoms with Gasteiger partial charge in [0.2, 0.25) is 0 Å². The van der Waals surface area contributed by atoms with Crippen molar-refractivity contribution in [2.75, 3.05) is 34.4 Å². The minimum absolute atomic E-state index is 0. The molecule has 0 spiro atoms. The molecule has 0 bridgehead atoms. The first-order valence-electron chi connectivity index (χ1n) is 10.7. The van der Waals surface area contributed by atoms with Crippen molar-refractivity contribution in [2.24, 2.45) is 4.99 Å². The normalized spacial score (nSPS) is 11.9. The van der Waals surface area contributed by atoms with Gasteiger partial charge in [0.1, 0.15) is 11.5 Å². The van der Waals surface area contributed by atoms with Crippen LogP contribution in [0.25, 0.3) is 0 Å². The first kappa shape index (κ1) is 28.6. The second kappa shape index (κ2) is 14.7. The van der Waals surface area contributed by atoms with Gasteiger partial charge >= 0.3 is 0 Å². The number of aliphatic hydroxyl groups is 1. The molecule has 0 aromatic heterocycles. The summed E-state index contributed by atoms with van der Waals surface area (Å²) in [6.45, 7) is 7.25. The minimum Gasteiger partial charge on any atom is -0.496 e. The summed E-state index contributed by atoms with van der Waals surface area (Å²) in [6.07, 6.45) is -0.647. The largest absolute Gasteiger partial charge is 0.496 e. The SMILES string of the molecule is CCNC(=NCc1cc(OC)c(OC)cc1OC)NCC(O)c1cccc(OC(C)C)c1.I. The molecule has 0 saturated carbocycles. The summed E-state index contributed by atoms with van der Waals surface area (Å²) in [5.74, 6) is 3.17. The molecule has 8 nitrogen and oxygen atoms in total. The molecule has 2 aromatic rings. The summed E-state index contributed by atoms with van der Waals surface area (Å²) in [5.41, 5.74) is 1.62. The Morgan fingerprint density at radius 2 is 1.64 bits per heavy atom. The number of nitrogens with zero attached hydrogens (tertiary/aromatic N) is 1. The number of rotatable bonds is 11. The highest BCUT2D eigenvalue weighted by atomic mass is 127. The van der Waals surface area contributed by atoms with E-state index in [1.165, 1.54) is 0 Å². The highest BCUT2D eigenvalue weighted by molar-refractivity contribution is 14.0. The van der Waals surface area contributed by atoms with Crippen LogP contribution in [-0.2, 0) is 6.54 Å². The third-order valence-corrected chi connectivity index (χ3v) is 4.62. The number of aliphatic hydroxyl groups excluding tert-OH is 1. The van der Waals surface area contributed by atoms with E-state index in [2.05, 4.69) is 15.6 Å². The van der Waals surface area contributed by atoms with Crippen LogP contribution in [0.1, 0.15) is 38.0 Å². The molecule has 1 atom stereocenters. The van der Waals surface area contributed by atoms with E-state index in [-0.39, 0.29) is 30.1 Å². The van der Waals surface area contributed by atoms with Crippen LogP contribution in [0.5, 0.6) is 23.0 Å². The van der Waals surface area contributed by atoms with Crippen molar-refractivity contribution in [1.29, 1.82) is 0 Å². The lowest BCUT2D eigenvalue weighted by Gasteiger charge is -2.17. The fraction of sp³-hybridized carbons (Fsp3) is 0.458. The van der Waals surface area contributed by atoms with Crippen molar-refractivity contribution >= 4 is 29.9 Å². The molecule has 0 heterocycles. The van der Waals surface area contributed by atoms with E-state index in [1.807, 2.05) is 51.1 Å². The van der Waals surface area contributed by atoms with Gasteiger partial charge in [-0.1, -0.05) is 12.1 Å². The van der Waals surface area contributed by atoms with Crippen LogP contribution < -0.4 is 29.6 Å². The van der Waals surface area contributed by atoms with Crippen LogP contribution in [0.2, 0.25) is 0 Å². The van der Waals surface area contributed by atoms with E-state index in [1.54, 1.807) is 27.4 Å². The average molecular weight is 573 g/mol. The maximum absolute atomic E-state index is 10.6. The average Bonchev–Trinajstić information content (AvgIpc) is 2.79. The number of benzene rings is 2. The van der Waals surface area contributed by atoms with Gasteiger partial charge < -0.3 is 34.7 Å². The van der Waals surface area contributed by atoms with Crippen molar-refractivity contribution in [3.8, 4) is 23.0 Å². The molecule has 0 radical (unpaired) electrons. The molecule has 3 N–H and O–H groups in total. The lowest BCUT2D eigenvalue weighted by molar-refractivity contribution is 0.179. The van der Waals surface area contributed by atoms with E-state index in [0.29, 0.717) is 42.8 Å². The molecule has 2 aromatic carbocycles. The van der Waals surface area contributed by atoms with Crippen LogP contribution >= 0.6 is 24.0 Å². The highest BCUT2D eigenvalue weighted by Gasteiger charge is 2.13. The molecule has 9 heteroatoms. The third-order valence-electron chi connectivity index (χ3n) is 4.62. The summed E-state index contributed by atoms with van der Waals surface area (Å²) in [4.78, 5) is 4.63. The van der Waals surface area contributed by atoms with Crippen LogP contribution in [0.3, 0.4) is 0 Å². The molecule has 0 fully saturated rings. The van der Waals surface area contributed by atoms with Gasteiger partial charge in [-0.3, -0.25) is 0 Å². The molecule has 184 valence electrons. The predicted molar refractivity (Wildman–Crippen MR) is 141 cm³/mol. The number of aliphatic imine (C=N–C) groups is 1. The minimum atomic E-state index is -0.717. The maximum Gasteiger partial charge on any atom is 0.191 e. The molecular formula is C24H36IN3O5. The molecule has 0 aliphatic carbocycles. The van der Waals surface area contributed by atoms with Gasteiger partial charge in [0.15, 0.2) is 17.5 Å². The second-order valence-electron chi connectivity index (χ2n) is 7.35. The Morgan fingerprint density at radius 3 is 2.24 bits per heavy atom. The Bertz CT molecular complexity index is 892. The van der Waals surface area contributed by atoms with Gasteiger partial charge in [-0.2, -0.15) is 0 Å². The maximum atomic E-state index is 10.6. The van der Waals surface area contributed by atoms with Crippen LogP contribution in [-0.4, -0.2) is 51.6 Å². The predicted octanol–water partition coefficient (Wildman–Crippen LogP) is 3.91. The third kappa shape index (κ3) is 8.81. The molecule has 0 aliphatic rings. The zero-order chi connectivity index (χ0) is 23.5. The molecule has 2 rings (SSSR count). The topological polar surface area (TPSA) is 93.6 Å². The number of methoxy groups -OCH3 is 3. The van der Waals surface area contributed by atoms with Gasteiger partial charge in [0, 0.05) is 24.7 Å². The lowest BCUT2D eigenvalue weighted by atomic mass is 10.1. The smallest absolute Gasteiger partial charge is 0.191 e. The Labute approximate surface area is 213 Å². The zero-order valence-electron chi connectivity index (χ0n) is 20.2. The number of hydrogen-bond acceptors (Lipinski definition) is 6. The van der Waals surface area contributed by atoms with E-state index >= 15 is 0 Å². The quantitative estimate of drug-likeness (QED) is 0.213. The molecule has 1 unspecified atom stereocenters. The molecular weight excluding hydrogens is 537 g/mol. The first-order valence-corrected chi connectivity index (χ1v) is 10.7. The number of hydrogen-bond donors (Lipinski definition) is 3. The van der Waals surface area contributed by atoms with Gasteiger partial charge in [-0.05, 0) is 44.5 Å². The zero-order valence-corrected chi connectivity index (χ0v) is 22.5. The van der Waals surface area contributed by atoms with Crippen molar-refractivity contribution in [3.63, 3.8) is 0 Å². The summed E-state index contributed by atoms with van der Waals surface area (Å²) >= 11 is 0. The van der Waals surface area contributed by atoms with Crippen molar-refractivity contribution < 1.29 is 24.1 Å². The molecule has 0 aliphatic heterocycles. The molecule has 0 amide bonds. The fourth-order valence-electron chi connectivity index (χ4n) is 3.10. The Balaban J connectivity index is 0.00000544. The van der Waals surface area contributed by atoms with E-state index in [9.17, 15) is 5.11 Å². The van der Waals surface area contributed by atoms with Gasteiger partial charge in [-0.25, -0.2) is 4.99 Å². The van der Waals surface area contributed by atoms with Crippen LogP contribution in [0.4, 0.5) is 0 Å². The standard InChI is InChI=1S/C24H35N3O5.HI/c1-7-25-24(26-14-18-12-22(30-5)23(31-6)13-21(18)29-4)27-15-20(28)17-9-8-10-19(11-17)32-16(2)3;/h8-13,16,20,28H,7,14-15H2,1-6H3,(H2,25,26,27);1H. The van der Waals surface area contributed by atoms with Gasteiger partial charge in [0.05, 0.1) is 40.1 Å².